The molecule has 0 amide bonds. The number of hydrogen-bond donors (Lipinski definition) is 0. The molecule has 1 aromatic heterocycles. The predicted octanol–water partition coefficient (Wildman–Crippen LogP) is 2.83. The molecule has 0 N–H and O–H groups in total. The third-order valence-electron chi connectivity index (χ3n) is 3.04. The van der Waals surface area contributed by atoms with Crippen molar-refractivity contribution in [1.82, 2.24) is 15.0 Å². The molecule has 1 aromatic carbocycles. The number of ether oxygens (including phenoxy) is 2. The van der Waals surface area contributed by atoms with Crippen molar-refractivity contribution in [3.63, 3.8) is 0 Å². The van der Waals surface area contributed by atoms with Crippen LogP contribution in [0.3, 0.4) is 0 Å². The normalized spacial score (nSPS) is 11.5. The van der Waals surface area contributed by atoms with E-state index in [-0.39, 0.29) is 12.6 Å². The lowest BCUT2D eigenvalue weighted by atomic mass is 10.2. The molecule has 2 rings (SSSR count). The Morgan fingerprint density at radius 1 is 1.25 bits per heavy atom. The molecular formula is C17H22IN3O3. The van der Waals surface area contributed by atoms with E-state index in [1.807, 2.05) is 43.7 Å². The molecule has 0 fully saturated rings. The summed E-state index contributed by atoms with van der Waals surface area (Å²) in [5.74, 6) is -0.357. The molecule has 0 radical (unpaired) electrons. The van der Waals surface area contributed by atoms with E-state index >= 15 is 0 Å². The lowest BCUT2D eigenvalue weighted by Crippen LogP contribution is -2.26. The van der Waals surface area contributed by atoms with Crippen molar-refractivity contribution in [2.75, 3.05) is 13.2 Å². The van der Waals surface area contributed by atoms with Gasteiger partial charge in [-0.2, -0.15) is 0 Å². The molecule has 6 nitrogen and oxygen atoms in total. The smallest absolute Gasteiger partial charge is 0.332 e. The number of benzene rings is 1. The highest BCUT2D eigenvalue weighted by molar-refractivity contribution is 14.1. The first-order valence-electron chi connectivity index (χ1n) is 7.76. The van der Waals surface area contributed by atoms with Gasteiger partial charge in [0.25, 0.3) is 0 Å². The Bertz CT molecular complexity index is 665. The fourth-order valence-electron chi connectivity index (χ4n) is 2.04. The lowest BCUT2D eigenvalue weighted by Gasteiger charge is -2.19. The van der Waals surface area contributed by atoms with Crippen LogP contribution in [0.2, 0.25) is 0 Å². The summed E-state index contributed by atoms with van der Waals surface area (Å²) in [6.45, 7) is 6.53. The predicted molar refractivity (Wildman–Crippen MR) is 98.7 cm³/mol. The molecule has 0 saturated carbocycles. The second-order valence-electron chi connectivity index (χ2n) is 6.36. The van der Waals surface area contributed by atoms with E-state index in [9.17, 15) is 4.79 Å². The Kier molecular flexibility index (Phi) is 6.73. The van der Waals surface area contributed by atoms with E-state index in [2.05, 4.69) is 45.0 Å². The van der Waals surface area contributed by atoms with Crippen molar-refractivity contribution in [1.29, 1.82) is 0 Å². The van der Waals surface area contributed by atoms with Gasteiger partial charge < -0.3 is 9.47 Å². The van der Waals surface area contributed by atoms with Crippen LogP contribution in [0.1, 0.15) is 32.0 Å². The van der Waals surface area contributed by atoms with Crippen LogP contribution >= 0.6 is 22.6 Å². The minimum atomic E-state index is -0.490. The van der Waals surface area contributed by atoms with Crippen LogP contribution < -0.4 is 0 Å². The molecule has 0 atom stereocenters. The highest BCUT2D eigenvalue weighted by atomic mass is 127. The molecule has 2 aromatic rings. The van der Waals surface area contributed by atoms with Crippen LogP contribution in [0.5, 0.6) is 0 Å². The van der Waals surface area contributed by atoms with E-state index in [1.165, 1.54) is 5.56 Å². The first-order chi connectivity index (χ1) is 11.3. The number of halogens is 1. The molecule has 0 aliphatic rings. The molecule has 0 spiro atoms. The van der Waals surface area contributed by atoms with Crippen LogP contribution in [0.25, 0.3) is 0 Å². The summed E-state index contributed by atoms with van der Waals surface area (Å²) in [4.78, 5) is 11.6. The van der Waals surface area contributed by atoms with Crippen molar-refractivity contribution < 1.29 is 14.3 Å². The zero-order valence-corrected chi connectivity index (χ0v) is 16.3. The quantitative estimate of drug-likeness (QED) is 0.374. The minimum Gasteiger partial charge on any atom is -0.458 e. The van der Waals surface area contributed by atoms with Crippen LogP contribution in [0, 0.1) is 3.70 Å². The SMILES string of the molecule is CC(C)(C)OC(=O)COCCc1nnn(Cc2ccccc2)c1I. The van der Waals surface area contributed by atoms with Gasteiger partial charge in [-0.1, -0.05) is 35.5 Å². The number of esters is 1. The van der Waals surface area contributed by atoms with Crippen LogP contribution in [-0.2, 0) is 27.2 Å². The molecule has 130 valence electrons. The Morgan fingerprint density at radius 2 is 1.96 bits per heavy atom. The van der Waals surface area contributed by atoms with Gasteiger partial charge in [0.15, 0.2) is 0 Å². The Balaban J connectivity index is 1.79. The van der Waals surface area contributed by atoms with Crippen molar-refractivity contribution in [3.8, 4) is 0 Å². The summed E-state index contributed by atoms with van der Waals surface area (Å²) in [6.07, 6.45) is 0.607. The molecule has 0 aliphatic heterocycles. The second kappa shape index (κ2) is 8.57. The average Bonchev–Trinajstić information content (AvgIpc) is 2.84. The lowest BCUT2D eigenvalue weighted by molar-refractivity contribution is -0.160. The maximum absolute atomic E-state index is 11.6. The van der Waals surface area contributed by atoms with Crippen molar-refractivity contribution in [2.45, 2.75) is 39.3 Å². The number of carbonyl (C=O) groups excluding carboxylic acids is 1. The van der Waals surface area contributed by atoms with Gasteiger partial charge in [0.2, 0.25) is 0 Å². The van der Waals surface area contributed by atoms with Crippen molar-refractivity contribution in [2.24, 2.45) is 0 Å². The van der Waals surface area contributed by atoms with E-state index in [1.54, 1.807) is 0 Å². The molecular weight excluding hydrogens is 421 g/mol. The van der Waals surface area contributed by atoms with Gasteiger partial charge in [0, 0.05) is 6.42 Å². The fourth-order valence-corrected chi connectivity index (χ4v) is 2.69. The van der Waals surface area contributed by atoms with Crippen molar-refractivity contribution in [3.05, 3.63) is 45.3 Å². The molecule has 0 aliphatic carbocycles. The van der Waals surface area contributed by atoms with Gasteiger partial charge in [-0.3, -0.25) is 0 Å². The Hall–Kier alpha value is -1.48. The molecule has 24 heavy (non-hydrogen) atoms. The molecule has 7 heteroatoms. The van der Waals surface area contributed by atoms with Gasteiger partial charge in [0.05, 0.1) is 18.8 Å². The van der Waals surface area contributed by atoms with Crippen LogP contribution in [0.4, 0.5) is 0 Å². The summed E-state index contributed by atoms with van der Waals surface area (Å²) in [6, 6.07) is 10.1. The van der Waals surface area contributed by atoms with Gasteiger partial charge in [-0.25, -0.2) is 9.48 Å². The molecule has 0 unspecified atom stereocenters. The van der Waals surface area contributed by atoms with Crippen molar-refractivity contribution >= 4 is 28.6 Å². The highest BCUT2D eigenvalue weighted by Crippen LogP contribution is 2.12. The molecule has 0 saturated heterocycles. The van der Waals surface area contributed by atoms with Crippen LogP contribution in [-0.4, -0.2) is 39.8 Å². The number of nitrogens with zero attached hydrogens (tertiary/aromatic N) is 3. The van der Waals surface area contributed by atoms with Gasteiger partial charge in [0.1, 0.15) is 15.9 Å². The summed E-state index contributed by atoms with van der Waals surface area (Å²) < 4.78 is 13.4. The number of carbonyl (C=O) groups is 1. The fraction of sp³-hybridized carbons (Fsp3) is 0.471. The van der Waals surface area contributed by atoms with E-state index < -0.39 is 5.60 Å². The third kappa shape index (κ3) is 6.20. The Labute approximate surface area is 155 Å². The van der Waals surface area contributed by atoms with E-state index in [0.29, 0.717) is 19.6 Å². The first-order valence-corrected chi connectivity index (χ1v) is 8.84. The standard InChI is InChI=1S/C17H22IN3O3/c1-17(2,3)24-15(22)12-23-10-9-14-16(18)21(20-19-14)11-13-7-5-4-6-8-13/h4-8H,9-12H2,1-3H3. The largest absolute Gasteiger partial charge is 0.458 e. The number of rotatable bonds is 7. The number of aromatic nitrogens is 3. The topological polar surface area (TPSA) is 66.2 Å². The maximum atomic E-state index is 11.6. The third-order valence-corrected chi connectivity index (χ3v) is 4.22. The minimum absolute atomic E-state index is 0.0496. The van der Waals surface area contributed by atoms with E-state index in [0.717, 1.165) is 9.39 Å². The van der Waals surface area contributed by atoms with Crippen LogP contribution in [0.15, 0.2) is 30.3 Å². The summed E-state index contributed by atoms with van der Waals surface area (Å²) in [7, 11) is 0. The summed E-state index contributed by atoms with van der Waals surface area (Å²) in [5, 5.41) is 8.38. The summed E-state index contributed by atoms with van der Waals surface area (Å²) >= 11 is 2.24. The first kappa shape index (κ1) is 18.9. The molecule has 1 heterocycles. The zero-order chi connectivity index (χ0) is 17.6. The highest BCUT2D eigenvalue weighted by Gasteiger charge is 2.16. The zero-order valence-electron chi connectivity index (χ0n) is 14.2. The average molecular weight is 443 g/mol. The van der Waals surface area contributed by atoms with Gasteiger partial charge in [-0.15, -0.1) is 5.10 Å². The van der Waals surface area contributed by atoms with Gasteiger partial charge >= 0.3 is 5.97 Å². The van der Waals surface area contributed by atoms with E-state index in [4.69, 9.17) is 9.47 Å². The molecule has 0 bridgehead atoms. The number of hydrogen-bond acceptors (Lipinski definition) is 5. The monoisotopic (exact) mass is 443 g/mol. The summed E-state index contributed by atoms with van der Waals surface area (Å²) in [5.41, 5.74) is 1.56. The second-order valence-corrected chi connectivity index (χ2v) is 7.38. The Morgan fingerprint density at radius 3 is 2.62 bits per heavy atom. The maximum Gasteiger partial charge on any atom is 0.332 e. The van der Waals surface area contributed by atoms with Gasteiger partial charge in [-0.05, 0) is 48.9 Å².